The SMILES string of the molecule is CCOC(=O)COc1ccc(F)cc1F.CSc1ncc(C=O)c(N)n1.O=c1[nH]c2[nH]c(=S)ncc2cc1Oc1ccc(F)cc1F. The summed E-state index contributed by atoms with van der Waals surface area (Å²) in [4.78, 5) is 49.8. The Bertz CT molecular complexity index is 2000. The molecule has 3 aromatic heterocycles. The number of nitrogens with zero attached hydrogens (tertiary/aromatic N) is 3. The number of hydrogen-bond donors (Lipinski definition) is 3. The summed E-state index contributed by atoms with van der Waals surface area (Å²) < 4.78 is 66.6. The zero-order chi connectivity index (χ0) is 34.5. The number of nitrogen functional groups attached to an aromatic ring is 1. The lowest BCUT2D eigenvalue weighted by molar-refractivity contribution is -0.145. The zero-order valence-corrected chi connectivity index (χ0v) is 26.0. The van der Waals surface area contributed by atoms with E-state index >= 15 is 0 Å². The number of nitrogens with one attached hydrogen (secondary N) is 2. The van der Waals surface area contributed by atoms with Crippen LogP contribution in [0.1, 0.15) is 17.3 Å². The maximum atomic E-state index is 13.5. The monoisotopic (exact) mass is 692 g/mol. The maximum Gasteiger partial charge on any atom is 0.344 e. The van der Waals surface area contributed by atoms with Gasteiger partial charge in [0.15, 0.2) is 51.7 Å². The molecule has 0 aliphatic rings. The molecule has 0 radical (unpaired) electrons. The Labute approximate surface area is 272 Å². The number of carbonyl (C=O) groups excluding carboxylic acids is 2. The van der Waals surface area contributed by atoms with Crippen LogP contribution >= 0.6 is 24.0 Å². The summed E-state index contributed by atoms with van der Waals surface area (Å²) in [6.07, 6.45) is 5.34. The number of rotatable bonds is 8. The number of halogens is 4. The van der Waals surface area contributed by atoms with Gasteiger partial charge in [-0.1, -0.05) is 11.8 Å². The van der Waals surface area contributed by atoms with Gasteiger partial charge in [0.25, 0.3) is 5.56 Å². The van der Waals surface area contributed by atoms with Crippen molar-refractivity contribution in [3.05, 3.63) is 98.8 Å². The number of thioether (sulfide) groups is 1. The Morgan fingerprint density at radius 3 is 2.21 bits per heavy atom. The number of benzene rings is 2. The average Bonchev–Trinajstić information content (AvgIpc) is 3.03. The van der Waals surface area contributed by atoms with Gasteiger partial charge in [-0.2, -0.15) is 0 Å². The van der Waals surface area contributed by atoms with Gasteiger partial charge in [-0.3, -0.25) is 9.59 Å². The molecule has 3 heterocycles. The van der Waals surface area contributed by atoms with Gasteiger partial charge >= 0.3 is 5.97 Å². The Morgan fingerprint density at radius 2 is 1.64 bits per heavy atom. The molecule has 0 aliphatic heterocycles. The number of H-pyrrole nitrogens is 2. The Hall–Kier alpha value is -5.36. The fourth-order valence-corrected chi connectivity index (χ4v) is 3.76. The summed E-state index contributed by atoms with van der Waals surface area (Å²) >= 11 is 6.23. The predicted octanol–water partition coefficient (Wildman–Crippen LogP) is 5.55. The van der Waals surface area contributed by atoms with Crippen LogP contribution in [0.5, 0.6) is 17.2 Å². The molecule has 0 saturated heterocycles. The van der Waals surface area contributed by atoms with E-state index in [1.54, 1.807) is 6.92 Å². The number of ether oxygens (including phenoxy) is 3. The van der Waals surface area contributed by atoms with Gasteiger partial charge in [-0.15, -0.1) is 0 Å². The van der Waals surface area contributed by atoms with Crippen LogP contribution in [0.3, 0.4) is 0 Å². The average molecular weight is 693 g/mol. The second-order valence-electron chi connectivity index (χ2n) is 8.64. The number of carbonyl (C=O) groups is 2. The molecule has 4 N–H and O–H groups in total. The number of nitrogens with two attached hydrogens (primary N) is 1. The number of hydrogen-bond acceptors (Lipinski definition) is 12. The van der Waals surface area contributed by atoms with Crippen molar-refractivity contribution in [3.8, 4) is 17.2 Å². The first kappa shape index (κ1) is 36.1. The van der Waals surface area contributed by atoms with Crippen molar-refractivity contribution in [1.29, 1.82) is 0 Å². The van der Waals surface area contributed by atoms with Crippen LogP contribution in [0.2, 0.25) is 0 Å². The summed E-state index contributed by atoms with van der Waals surface area (Å²) in [6, 6.07) is 7.03. The summed E-state index contributed by atoms with van der Waals surface area (Å²) in [6.45, 7) is 1.49. The second-order valence-corrected chi connectivity index (χ2v) is 9.80. The molecule has 0 aliphatic carbocycles. The third-order valence-corrected chi connectivity index (χ3v) is 6.15. The van der Waals surface area contributed by atoms with Crippen LogP contribution in [0.25, 0.3) is 11.0 Å². The highest BCUT2D eigenvalue weighted by Gasteiger charge is 2.11. The van der Waals surface area contributed by atoms with Crippen LogP contribution in [0, 0.1) is 28.0 Å². The van der Waals surface area contributed by atoms with Crippen molar-refractivity contribution in [1.82, 2.24) is 24.9 Å². The van der Waals surface area contributed by atoms with E-state index in [1.165, 1.54) is 30.2 Å². The summed E-state index contributed by atoms with van der Waals surface area (Å²) in [5.41, 5.74) is 5.55. The molecule has 0 unspecified atom stereocenters. The minimum atomic E-state index is -0.903. The molecule has 246 valence electrons. The highest BCUT2D eigenvalue weighted by atomic mass is 32.2. The normalized spacial score (nSPS) is 10.2. The van der Waals surface area contributed by atoms with Gasteiger partial charge in [0.2, 0.25) is 0 Å². The summed E-state index contributed by atoms with van der Waals surface area (Å²) in [5.74, 6) is -4.11. The van der Waals surface area contributed by atoms with E-state index in [2.05, 4.69) is 29.7 Å². The number of aromatic nitrogens is 5. The third-order valence-electron chi connectivity index (χ3n) is 5.38. The molecule has 18 heteroatoms. The fourth-order valence-electron chi connectivity index (χ4n) is 3.26. The van der Waals surface area contributed by atoms with Crippen molar-refractivity contribution < 1.29 is 41.4 Å². The molecule has 12 nitrogen and oxygen atoms in total. The van der Waals surface area contributed by atoms with E-state index in [0.29, 0.717) is 40.2 Å². The van der Waals surface area contributed by atoms with Crippen molar-refractivity contribution in [3.63, 3.8) is 0 Å². The third kappa shape index (κ3) is 10.9. The smallest absolute Gasteiger partial charge is 0.344 e. The topological polar surface area (TPSA) is 175 Å². The number of aromatic amines is 2. The van der Waals surface area contributed by atoms with E-state index in [9.17, 15) is 31.9 Å². The lowest BCUT2D eigenvalue weighted by Gasteiger charge is -2.07. The molecule has 5 aromatic rings. The van der Waals surface area contributed by atoms with Crippen molar-refractivity contribution in [2.24, 2.45) is 0 Å². The van der Waals surface area contributed by atoms with Crippen molar-refractivity contribution in [2.75, 3.05) is 25.2 Å². The molecule has 2 aromatic carbocycles. The molecule has 0 bridgehead atoms. The van der Waals surface area contributed by atoms with Gasteiger partial charge in [0.05, 0.1) is 12.2 Å². The minimum Gasteiger partial charge on any atom is -0.479 e. The Morgan fingerprint density at radius 1 is 0.979 bits per heavy atom. The molecule has 0 amide bonds. The van der Waals surface area contributed by atoms with Crippen LogP contribution in [-0.2, 0) is 9.53 Å². The standard InChI is InChI=1S/C13H7F2N3O2S.C10H10F2O3.C6H7N3OS/c14-7-1-2-9(8(15)4-7)20-10-3-6-5-16-13(21)18-11(6)17-12(10)19;1-2-14-10(13)6-15-9-4-3-7(11)5-8(9)12;1-11-6-8-2-4(3-10)5(7)9-6/h1-5H,(H2,16,17,18,19,21);3-5H,2,6H2,1H3;2-3H,1H3,(H2,7,8,9). The van der Waals surface area contributed by atoms with Crippen LogP contribution in [-0.4, -0.2) is 56.6 Å². The number of esters is 1. The minimum absolute atomic E-state index is 0.139. The maximum absolute atomic E-state index is 13.5. The van der Waals surface area contributed by atoms with E-state index in [1.807, 2.05) is 6.26 Å². The van der Waals surface area contributed by atoms with Crippen molar-refractivity contribution >= 4 is 53.1 Å². The molecule has 0 spiro atoms. The second kappa shape index (κ2) is 17.4. The first-order chi connectivity index (χ1) is 22.4. The largest absolute Gasteiger partial charge is 0.479 e. The Kier molecular flexibility index (Phi) is 13.3. The molecular weight excluding hydrogens is 668 g/mol. The quantitative estimate of drug-likeness (QED) is 0.0463. The first-order valence-corrected chi connectivity index (χ1v) is 14.7. The molecular formula is C29H24F4N6O6S2. The molecule has 47 heavy (non-hydrogen) atoms. The molecule has 0 fully saturated rings. The van der Waals surface area contributed by atoms with Crippen LogP contribution < -0.4 is 20.8 Å². The van der Waals surface area contributed by atoms with Gasteiger partial charge in [-0.25, -0.2) is 37.3 Å². The van der Waals surface area contributed by atoms with E-state index in [0.717, 1.165) is 24.3 Å². The molecule has 5 rings (SSSR count). The van der Waals surface area contributed by atoms with Crippen LogP contribution in [0.15, 0.2) is 64.8 Å². The van der Waals surface area contributed by atoms with Crippen LogP contribution in [0.4, 0.5) is 23.4 Å². The van der Waals surface area contributed by atoms with E-state index in [-0.39, 0.29) is 34.4 Å². The molecule has 0 saturated carbocycles. The van der Waals surface area contributed by atoms with Gasteiger partial charge < -0.3 is 29.9 Å². The predicted molar refractivity (Wildman–Crippen MR) is 166 cm³/mol. The fraction of sp³-hybridized carbons (Fsp3) is 0.138. The van der Waals surface area contributed by atoms with E-state index < -0.39 is 41.4 Å². The number of aldehydes is 1. The lowest BCUT2D eigenvalue weighted by atomic mass is 10.3. The summed E-state index contributed by atoms with van der Waals surface area (Å²) in [5, 5.41) is 1.11. The van der Waals surface area contributed by atoms with Gasteiger partial charge in [0, 0.05) is 29.9 Å². The van der Waals surface area contributed by atoms with E-state index in [4.69, 9.17) is 27.4 Å². The number of pyridine rings is 1. The highest BCUT2D eigenvalue weighted by molar-refractivity contribution is 7.98. The molecule has 0 atom stereocenters. The van der Waals surface area contributed by atoms with Crippen molar-refractivity contribution in [2.45, 2.75) is 12.1 Å². The number of anilines is 1. The highest BCUT2D eigenvalue weighted by Crippen LogP contribution is 2.24. The Balaban J connectivity index is 0.000000203. The zero-order valence-electron chi connectivity index (χ0n) is 24.4. The lowest BCUT2D eigenvalue weighted by Crippen LogP contribution is -2.15. The van der Waals surface area contributed by atoms with Gasteiger partial charge in [-0.05, 0) is 55.7 Å². The first-order valence-electron chi connectivity index (χ1n) is 13.0. The number of fused-ring (bicyclic) bond motifs is 1. The summed E-state index contributed by atoms with van der Waals surface area (Å²) in [7, 11) is 0. The van der Waals surface area contributed by atoms with Gasteiger partial charge in [0.1, 0.15) is 23.1 Å².